The molecule has 1 amide bonds. The van der Waals surface area contributed by atoms with Gasteiger partial charge in [-0.15, -0.1) is 0 Å². The summed E-state index contributed by atoms with van der Waals surface area (Å²) >= 11 is 0. The number of amides is 1. The van der Waals surface area contributed by atoms with Crippen LogP contribution < -0.4 is 14.4 Å². The molecular weight excluding hydrogens is 410 g/mol. The Balaban J connectivity index is 1.90. The third-order valence-electron chi connectivity index (χ3n) is 5.46. The molecular formula is C24H29N3O5. The molecule has 1 aliphatic heterocycles. The second-order valence-electron chi connectivity index (χ2n) is 7.81. The molecule has 0 radical (unpaired) electrons. The van der Waals surface area contributed by atoms with Gasteiger partial charge in [0.05, 0.1) is 26.0 Å². The summed E-state index contributed by atoms with van der Waals surface area (Å²) in [7, 11) is 7.10. The van der Waals surface area contributed by atoms with Crippen molar-refractivity contribution < 1.29 is 24.2 Å². The molecule has 2 aromatic rings. The third-order valence-corrected chi connectivity index (χ3v) is 5.46. The van der Waals surface area contributed by atoms with Crippen molar-refractivity contribution in [1.82, 2.24) is 5.01 Å². The number of carboxylic acids is 1. The molecule has 8 nitrogen and oxygen atoms in total. The highest BCUT2D eigenvalue weighted by Crippen LogP contribution is 2.36. The van der Waals surface area contributed by atoms with E-state index in [-0.39, 0.29) is 31.2 Å². The Labute approximate surface area is 188 Å². The number of anilines is 1. The molecule has 0 saturated heterocycles. The molecule has 1 heterocycles. The number of benzene rings is 2. The van der Waals surface area contributed by atoms with Crippen molar-refractivity contribution >= 4 is 23.3 Å². The van der Waals surface area contributed by atoms with Crippen LogP contribution in [0.4, 0.5) is 5.69 Å². The molecule has 0 aromatic heterocycles. The van der Waals surface area contributed by atoms with Gasteiger partial charge in [-0.25, -0.2) is 5.01 Å². The Morgan fingerprint density at radius 2 is 1.75 bits per heavy atom. The molecule has 0 unspecified atom stereocenters. The number of hydrazone groups is 1. The molecule has 2 aromatic carbocycles. The van der Waals surface area contributed by atoms with E-state index in [0.717, 1.165) is 22.5 Å². The standard InChI is InChI=1S/C24H29N3O5/c1-26(2)18-11-8-16(9-12-18)20-15-19(17-10-13-21(31-3)22(14-17)32-4)25-27(20)23(28)6-5-7-24(29)30/h8-14,20H,5-7,15H2,1-4H3,(H,29,30)/t20-/m1/s1. The zero-order valence-corrected chi connectivity index (χ0v) is 18.9. The first kappa shape index (κ1) is 23.1. The number of carbonyl (C=O) groups is 2. The number of rotatable bonds is 9. The van der Waals surface area contributed by atoms with E-state index in [4.69, 9.17) is 14.6 Å². The number of hydrogen-bond donors (Lipinski definition) is 1. The molecule has 1 atom stereocenters. The van der Waals surface area contributed by atoms with Crippen LogP contribution in [-0.4, -0.2) is 56.0 Å². The minimum Gasteiger partial charge on any atom is -0.493 e. The highest BCUT2D eigenvalue weighted by molar-refractivity contribution is 6.03. The lowest BCUT2D eigenvalue weighted by molar-refractivity contribution is -0.137. The van der Waals surface area contributed by atoms with E-state index in [0.29, 0.717) is 17.9 Å². The minimum absolute atomic E-state index is 0.0476. The number of aliphatic carboxylic acids is 1. The normalized spacial score (nSPS) is 15.3. The first-order valence-corrected chi connectivity index (χ1v) is 10.4. The Morgan fingerprint density at radius 1 is 1.06 bits per heavy atom. The summed E-state index contributed by atoms with van der Waals surface area (Å²) in [6, 6.07) is 13.3. The summed E-state index contributed by atoms with van der Waals surface area (Å²) in [6.07, 6.45) is 0.898. The lowest BCUT2D eigenvalue weighted by atomic mass is 9.97. The predicted molar refractivity (Wildman–Crippen MR) is 123 cm³/mol. The summed E-state index contributed by atoms with van der Waals surface area (Å²) in [5.41, 5.74) is 3.64. The van der Waals surface area contributed by atoms with E-state index >= 15 is 0 Å². The van der Waals surface area contributed by atoms with Crippen LogP contribution in [0.2, 0.25) is 0 Å². The van der Waals surface area contributed by atoms with Gasteiger partial charge in [0.15, 0.2) is 11.5 Å². The highest BCUT2D eigenvalue weighted by atomic mass is 16.5. The van der Waals surface area contributed by atoms with Gasteiger partial charge in [0.2, 0.25) is 5.91 Å². The number of carbonyl (C=O) groups excluding carboxylic acids is 1. The van der Waals surface area contributed by atoms with Gasteiger partial charge in [-0.05, 0) is 42.3 Å². The van der Waals surface area contributed by atoms with Gasteiger partial charge in [0.25, 0.3) is 0 Å². The van der Waals surface area contributed by atoms with Crippen molar-refractivity contribution in [2.45, 2.75) is 31.7 Å². The average molecular weight is 440 g/mol. The van der Waals surface area contributed by atoms with Gasteiger partial charge in [-0.3, -0.25) is 9.59 Å². The summed E-state index contributed by atoms with van der Waals surface area (Å²) in [5, 5.41) is 15.0. The predicted octanol–water partition coefficient (Wildman–Crippen LogP) is 3.70. The summed E-state index contributed by atoms with van der Waals surface area (Å²) < 4.78 is 10.7. The largest absolute Gasteiger partial charge is 0.493 e. The SMILES string of the molecule is COc1ccc(C2=NN(C(=O)CCCC(=O)O)[C@@H](c3ccc(N(C)C)cc3)C2)cc1OC. The van der Waals surface area contributed by atoms with Crippen molar-refractivity contribution in [2.24, 2.45) is 5.10 Å². The fourth-order valence-electron chi connectivity index (χ4n) is 3.69. The number of hydrogen-bond acceptors (Lipinski definition) is 6. The third kappa shape index (κ3) is 5.19. The Kier molecular flexibility index (Phi) is 7.35. The molecule has 3 rings (SSSR count). The van der Waals surface area contributed by atoms with Crippen LogP contribution in [0.1, 0.15) is 42.9 Å². The molecule has 0 saturated carbocycles. The second-order valence-corrected chi connectivity index (χ2v) is 7.81. The smallest absolute Gasteiger partial charge is 0.303 e. The fourth-order valence-corrected chi connectivity index (χ4v) is 3.69. The van der Waals surface area contributed by atoms with Crippen LogP contribution in [0, 0.1) is 0 Å². The number of carboxylic acid groups (broad SMARTS) is 1. The summed E-state index contributed by atoms with van der Waals surface area (Å²) in [4.78, 5) is 25.8. The van der Waals surface area contributed by atoms with Gasteiger partial charge in [-0.1, -0.05) is 12.1 Å². The van der Waals surface area contributed by atoms with Crippen LogP contribution in [-0.2, 0) is 9.59 Å². The number of methoxy groups -OCH3 is 2. The maximum Gasteiger partial charge on any atom is 0.303 e. The lowest BCUT2D eigenvalue weighted by Gasteiger charge is -2.23. The van der Waals surface area contributed by atoms with Gasteiger partial charge >= 0.3 is 5.97 Å². The molecule has 8 heteroatoms. The molecule has 170 valence electrons. The van der Waals surface area contributed by atoms with Crippen molar-refractivity contribution in [3.8, 4) is 11.5 Å². The average Bonchev–Trinajstić information content (AvgIpc) is 3.24. The number of nitrogens with zero attached hydrogens (tertiary/aromatic N) is 3. The van der Waals surface area contributed by atoms with Crippen molar-refractivity contribution in [1.29, 1.82) is 0 Å². The van der Waals surface area contributed by atoms with E-state index < -0.39 is 5.97 Å². The Hall–Kier alpha value is -3.55. The molecule has 0 aliphatic carbocycles. The summed E-state index contributed by atoms with van der Waals surface area (Å²) in [6.45, 7) is 0. The maximum absolute atomic E-state index is 13.0. The molecule has 1 N–H and O–H groups in total. The molecule has 0 spiro atoms. The van der Waals surface area contributed by atoms with E-state index in [2.05, 4.69) is 5.10 Å². The highest BCUT2D eigenvalue weighted by Gasteiger charge is 2.33. The van der Waals surface area contributed by atoms with Crippen LogP contribution >= 0.6 is 0 Å². The first-order valence-electron chi connectivity index (χ1n) is 10.4. The van der Waals surface area contributed by atoms with Crippen LogP contribution in [0.5, 0.6) is 11.5 Å². The van der Waals surface area contributed by atoms with E-state index in [1.54, 1.807) is 14.2 Å². The zero-order valence-electron chi connectivity index (χ0n) is 18.9. The topological polar surface area (TPSA) is 91.7 Å². The molecule has 1 aliphatic rings. The van der Waals surface area contributed by atoms with Crippen LogP contribution in [0.25, 0.3) is 0 Å². The quantitative estimate of drug-likeness (QED) is 0.641. The molecule has 0 fully saturated rings. The van der Waals surface area contributed by atoms with Crippen molar-refractivity contribution in [2.75, 3.05) is 33.2 Å². The van der Waals surface area contributed by atoms with Gasteiger partial charge in [-0.2, -0.15) is 5.10 Å². The second kappa shape index (κ2) is 10.2. The van der Waals surface area contributed by atoms with E-state index in [1.807, 2.05) is 61.5 Å². The van der Waals surface area contributed by atoms with Gasteiger partial charge in [0, 0.05) is 44.6 Å². The van der Waals surface area contributed by atoms with Crippen molar-refractivity contribution in [3.63, 3.8) is 0 Å². The zero-order chi connectivity index (χ0) is 23.3. The number of ether oxygens (including phenoxy) is 2. The van der Waals surface area contributed by atoms with Crippen molar-refractivity contribution in [3.05, 3.63) is 53.6 Å². The Bertz CT molecular complexity index is 1000. The minimum atomic E-state index is -0.912. The Morgan fingerprint density at radius 3 is 2.34 bits per heavy atom. The van der Waals surface area contributed by atoms with Gasteiger partial charge < -0.3 is 19.5 Å². The van der Waals surface area contributed by atoms with Crippen LogP contribution in [0.3, 0.4) is 0 Å². The van der Waals surface area contributed by atoms with Gasteiger partial charge in [0.1, 0.15) is 0 Å². The van der Waals surface area contributed by atoms with E-state index in [9.17, 15) is 9.59 Å². The maximum atomic E-state index is 13.0. The monoisotopic (exact) mass is 439 g/mol. The lowest BCUT2D eigenvalue weighted by Crippen LogP contribution is -2.27. The molecule has 32 heavy (non-hydrogen) atoms. The molecule has 0 bridgehead atoms. The first-order chi connectivity index (χ1) is 15.3. The van der Waals surface area contributed by atoms with E-state index in [1.165, 1.54) is 5.01 Å². The summed E-state index contributed by atoms with van der Waals surface area (Å²) in [5.74, 6) is 0.103. The van der Waals surface area contributed by atoms with Crippen LogP contribution in [0.15, 0.2) is 47.6 Å². The fraction of sp³-hybridized carbons (Fsp3) is 0.375.